The molecule has 3 aromatic carbocycles. The highest BCUT2D eigenvalue weighted by molar-refractivity contribution is 5.76. The lowest BCUT2D eigenvalue weighted by molar-refractivity contribution is -0.135. The fourth-order valence-corrected chi connectivity index (χ4v) is 3.62. The van der Waals surface area contributed by atoms with Crippen LogP contribution in [0.15, 0.2) is 97.1 Å². The summed E-state index contributed by atoms with van der Waals surface area (Å²) in [5, 5.41) is 0. The first kappa shape index (κ1) is 19.6. The summed E-state index contributed by atoms with van der Waals surface area (Å²) in [6.07, 6.45) is 6.20. The van der Waals surface area contributed by atoms with Gasteiger partial charge in [-0.1, -0.05) is 54.6 Å². The summed E-state index contributed by atoms with van der Waals surface area (Å²) in [6.45, 7) is 4.19. The minimum absolute atomic E-state index is 0.512. The molecule has 1 aliphatic rings. The molecular weight excluding hydrogens is 372 g/mol. The van der Waals surface area contributed by atoms with Crippen LogP contribution in [0.2, 0.25) is 0 Å². The molecule has 0 atom stereocenters. The molecule has 0 unspecified atom stereocenters. The molecule has 0 amide bonds. The first-order valence-electron chi connectivity index (χ1n) is 9.94. The molecule has 3 aromatic rings. The second-order valence-corrected chi connectivity index (χ2v) is 8.04. The van der Waals surface area contributed by atoms with Gasteiger partial charge in [0, 0.05) is 29.6 Å². The van der Waals surface area contributed by atoms with Gasteiger partial charge in [-0.2, -0.15) is 0 Å². The zero-order valence-electron chi connectivity index (χ0n) is 17.2. The van der Waals surface area contributed by atoms with Crippen LogP contribution >= 0.6 is 0 Å². The molecule has 152 valence electrons. The quantitative estimate of drug-likeness (QED) is 0.428. The number of hydrogen-bond donors (Lipinski definition) is 2. The molecule has 4 nitrogen and oxygen atoms in total. The molecule has 0 aromatic heterocycles. The maximum Gasteiger partial charge on any atom is 0.279 e. The van der Waals surface area contributed by atoms with Crippen molar-refractivity contribution in [3.63, 3.8) is 0 Å². The minimum Gasteiger partial charge on any atom is -0.448 e. The highest BCUT2D eigenvalue weighted by atomic mass is 16.7. The Morgan fingerprint density at radius 2 is 1.27 bits per heavy atom. The number of nitrogen functional groups attached to an aromatic ring is 2. The van der Waals surface area contributed by atoms with Crippen molar-refractivity contribution in [2.45, 2.75) is 19.6 Å². The van der Waals surface area contributed by atoms with Crippen LogP contribution in [-0.2, 0) is 0 Å². The molecule has 0 spiro atoms. The summed E-state index contributed by atoms with van der Waals surface area (Å²) in [7, 11) is 0. The van der Waals surface area contributed by atoms with Gasteiger partial charge in [0.2, 0.25) is 0 Å². The van der Waals surface area contributed by atoms with Crippen LogP contribution in [0.25, 0.3) is 5.57 Å². The van der Waals surface area contributed by atoms with E-state index in [0.29, 0.717) is 22.9 Å². The number of rotatable bonds is 5. The molecule has 1 aliphatic carbocycles. The van der Waals surface area contributed by atoms with Gasteiger partial charge < -0.3 is 20.9 Å². The highest BCUT2D eigenvalue weighted by Crippen LogP contribution is 2.45. The lowest BCUT2D eigenvalue weighted by Crippen LogP contribution is -2.53. The Labute approximate surface area is 177 Å². The Morgan fingerprint density at radius 3 is 1.77 bits per heavy atom. The number of allylic oxidation sites excluding steroid dienone is 2. The van der Waals surface area contributed by atoms with Crippen LogP contribution in [0, 0.1) is 5.41 Å². The summed E-state index contributed by atoms with van der Waals surface area (Å²) < 4.78 is 13.0. The molecule has 4 N–H and O–H groups in total. The van der Waals surface area contributed by atoms with Gasteiger partial charge in [0.1, 0.15) is 11.5 Å². The van der Waals surface area contributed by atoms with E-state index in [-0.39, 0.29) is 0 Å². The summed E-state index contributed by atoms with van der Waals surface area (Å²) in [6, 6.07) is 25.0. The van der Waals surface area contributed by atoms with Gasteiger partial charge in [0.05, 0.1) is 5.41 Å². The van der Waals surface area contributed by atoms with Crippen molar-refractivity contribution in [3.8, 4) is 11.5 Å². The smallest absolute Gasteiger partial charge is 0.279 e. The monoisotopic (exact) mass is 398 g/mol. The lowest BCUT2D eigenvalue weighted by atomic mass is 9.76. The van der Waals surface area contributed by atoms with E-state index in [1.54, 1.807) is 12.1 Å². The third-order valence-electron chi connectivity index (χ3n) is 5.26. The van der Waals surface area contributed by atoms with E-state index in [1.165, 1.54) is 0 Å². The molecule has 4 heteroatoms. The predicted molar refractivity (Wildman–Crippen MR) is 123 cm³/mol. The van der Waals surface area contributed by atoms with Gasteiger partial charge in [-0.25, -0.2) is 0 Å². The minimum atomic E-state index is -1.09. The van der Waals surface area contributed by atoms with Gasteiger partial charge >= 0.3 is 0 Å². The van der Waals surface area contributed by atoms with Crippen molar-refractivity contribution >= 4 is 16.9 Å². The summed E-state index contributed by atoms with van der Waals surface area (Å²) >= 11 is 0. The third kappa shape index (κ3) is 3.90. The number of nitrogens with two attached hydrogens (primary N) is 2. The molecule has 0 bridgehead atoms. The van der Waals surface area contributed by atoms with Crippen LogP contribution in [-0.4, -0.2) is 5.79 Å². The Hall–Kier alpha value is -3.66. The van der Waals surface area contributed by atoms with Gasteiger partial charge in [-0.15, -0.1) is 0 Å². The average Bonchev–Trinajstić information content (AvgIpc) is 2.71. The van der Waals surface area contributed by atoms with Crippen molar-refractivity contribution in [1.82, 2.24) is 0 Å². The predicted octanol–water partition coefficient (Wildman–Crippen LogP) is 5.68. The summed E-state index contributed by atoms with van der Waals surface area (Å²) in [4.78, 5) is 0. The van der Waals surface area contributed by atoms with E-state index < -0.39 is 11.2 Å². The number of anilines is 2. The summed E-state index contributed by atoms with van der Waals surface area (Å²) in [5.41, 5.74) is 15.0. The van der Waals surface area contributed by atoms with Crippen LogP contribution in [0.3, 0.4) is 0 Å². The van der Waals surface area contributed by atoms with Crippen molar-refractivity contribution in [2.75, 3.05) is 11.5 Å². The van der Waals surface area contributed by atoms with Gasteiger partial charge in [-0.3, -0.25) is 0 Å². The molecule has 0 heterocycles. The fraction of sp³-hybridized carbons (Fsp3) is 0.154. The number of ether oxygens (including phenoxy) is 2. The topological polar surface area (TPSA) is 70.5 Å². The van der Waals surface area contributed by atoms with Crippen LogP contribution < -0.4 is 20.9 Å². The van der Waals surface area contributed by atoms with E-state index in [1.807, 2.05) is 66.7 Å². The largest absolute Gasteiger partial charge is 0.448 e. The first-order chi connectivity index (χ1) is 14.4. The molecule has 0 radical (unpaired) electrons. The molecule has 0 saturated heterocycles. The fourth-order valence-electron chi connectivity index (χ4n) is 3.62. The maximum absolute atomic E-state index is 6.49. The average molecular weight is 399 g/mol. The number of hydrogen-bond acceptors (Lipinski definition) is 4. The van der Waals surface area contributed by atoms with E-state index in [9.17, 15) is 0 Å². The zero-order valence-corrected chi connectivity index (χ0v) is 17.2. The first-order valence-corrected chi connectivity index (χ1v) is 9.94. The molecule has 4 rings (SSSR count). The van der Waals surface area contributed by atoms with Gasteiger partial charge in [0.25, 0.3) is 5.79 Å². The standard InChI is InChI=1S/C26H26N2O2/c1-25(2)18-20(19-8-4-3-5-9-19)14-15-26(25,29-23-12-6-10-21(27)16-23)30-24-13-7-11-22(28)17-24/h3-18H,27-28H2,1-2H3. The lowest BCUT2D eigenvalue weighted by Gasteiger charge is -2.44. The van der Waals surface area contributed by atoms with Gasteiger partial charge in [0.15, 0.2) is 0 Å². The Morgan fingerprint density at radius 1 is 0.700 bits per heavy atom. The third-order valence-corrected chi connectivity index (χ3v) is 5.26. The van der Waals surface area contributed by atoms with Crippen LogP contribution in [0.5, 0.6) is 11.5 Å². The zero-order chi connectivity index (χ0) is 21.2. The van der Waals surface area contributed by atoms with Gasteiger partial charge in [-0.05, 0) is 49.2 Å². The van der Waals surface area contributed by atoms with Crippen molar-refractivity contribution in [3.05, 3.63) is 103 Å². The van der Waals surface area contributed by atoms with Crippen LogP contribution in [0.1, 0.15) is 19.4 Å². The van der Waals surface area contributed by atoms with Crippen molar-refractivity contribution < 1.29 is 9.47 Å². The Bertz CT molecular complexity index is 1050. The van der Waals surface area contributed by atoms with Crippen molar-refractivity contribution in [1.29, 1.82) is 0 Å². The molecular formula is C26H26N2O2. The van der Waals surface area contributed by atoms with Crippen molar-refractivity contribution in [2.24, 2.45) is 5.41 Å². The SMILES string of the molecule is CC1(C)C=C(c2ccccc2)C=CC1(Oc1cccc(N)c1)Oc1cccc(N)c1. The Kier molecular flexibility index (Phi) is 5.00. The maximum atomic E-state index is 6.49. The van der Waals surface area contributed by atoms with E-state index >= 15 is 0 Å². The molecule has 30 heavy (non-hydrogen) atoms. The molecule has 0 saturated carbocycles. The van der Waals surface area contributed by atoms with Crippen LogP contribution in [0.4, 0.5) is 11.4 Å². The number of benzene rings is 3. The summed E-state index contributed by atoms with van der Waals surface area (Å²) in [5.74, 6) is 0.175. The second kappa shape index (κ2) is 7.64. The Balaban J connectivity index is 1.77. The molecule has 0 fully saturated rings. The van der Waals surface area contributed by atoms with E-state index in [0.717, 1.165) is 11.1 Å². The normalized spacial score (nSPS) is 16.5. The molecule has 0 aliphatic heterocycles. The second-order valence-electron chi connectivity index (χ2n) is 8.04. The van der Waals surface area contributed by atoms with E-state index in [2.05, 4.69) is 32.1 Å². The van der Waals surface area contributed by atoms with E-state index in [4.69, 9.17) is 20.9 Å². The highest BCUT2D eigenvalue weighted by Gasteiger charge is 2.49.